The van der Waals surface area contributed by atoms with Crippen LogP contribution in [-0.2, 0) is 16.0 Å². The van der Waals surface area contributed by atoms with Crippen LogP contribution >= 0.6 is 15.9 Å². The SMILES string of the molecule is CC(Cc1ccc(Br)cc1)NC(=O)C1(C(=O)O)CC1. The Kier molecular flexibility index (Phi) is 3.94. The zero-order valence-electron chi connectivity index (χ0n) is 10.6. The van der Waals surface area contributed by atoms with Crippen molar-refractivity contribution < 1.29 is 14.7 Å². The highest BCUT2D eigenvalue weighted by Gasteiger charge is 2.57. The molecule has 1 atom stereocenters. The molecule has 4 nitrogen and oxygen atoms in total. The van der Waals surface area contributed by atoms with Crippen molar-refractivity contribution in [2.45, 2.75) is 32.2 Å². The summed E-state index contributed by atoms with van der Waals surface area (Å²) >= 11 is 3.37. The Hall–Kier alpha value is -1.36. The minimum atomic E-state index is -1.16. The van der Waals surface area contributed by atoms with Crippen molar-refractivity contribution >= 4 is 27.8 Å². The normalized spacial score (nSPS) is 17.6. The standard InChI is InChI=1S/C14H16BrNO3/c1-9(8-10-2-4-11(15)5-3-10)16-12(17)14(6-7-14)13(18)19/h2-5,9H,6-8H2,1H3,(H,16,17)(H,18,19). The van der Waals surface area contributed by atoms with E-state index in [0.717, 1.165) is 10.0 Å². The van der Waals surface area contributed by atoms with Crippen LogP contribution in [0.25, 0.3) is 0 Å². The van der Waals surface area contributed by atoms with Gasteiger partial charge in [-0.2, -0.15) is 0 Å². The number of nitrogens with one attached hydrogen (secondary N) is 1. The van der Waals surface area contributed by atoms with Gasteiger partial charge in [0.15, 0.2) is 0 Å². The Morgan fingerprint density at radius 1 is 1.37 bits per heavy atom. The van der Waals surface area contributed by atoms with E-state index < -0.39 is 11.4 Å². The zero-order valence-corrected chi connectivity index (χ0v) is 12.2. The molecule has 0 radical (unpaired) electrons. The summed E-state index contributed by atoms with van der Waals surface area (Å²) in [6.07, 6.45) is 1.58. The average molecular weight is 326 g/mol. The summed E-state index contributed by atoms with van der Waals surface area (Å²) in [5.74, 6) is -1.37. The van der Waals surface area contributed by atoms with E-state index in [4.69, 9.17) is 5.11 Å². The predicted molar refractivity (Wildman–Crippen MR) is 74.8 cm³/mol. The molecule has 0 aliphatic heterocycles. The van der Waals surface area contributed by atoms with Gasteiger partial charge in [-0.05, 0) is 43.9 Å². The molecule has 0 spiro atoms. The highest BCUT2D eigenvalue weighted by molar-refractivity contribution is 9.10. The third-order valence-corrected chi connectivity index (χ3v) is 3.96. The molecule has 5 heteroatoms. The molecule has 1 fully saturated rings. The number of carboxylic acids is 1. The summed E-state index contributed by atoms with van der Waals surface area (Å²) < 4.78 is 1.01. The molecule has 2 N–H and O–H groups in total. The fraction of sp³-hybridized carbons (Fsp3) is 0.429. The van der Waals surface area contributed by atoms with Crippen LogP contribution in [-0.4, -0.2) is 23.0 Å². The van der Waals surface area contributed by atoms with Crippen LogP contribution in [0, 0.1) is 5.41 Å². The van der Waals surface area contributed by atoms with Crippen molar-refractivity contribution in [1.82, 2.24) is 5.32 Å². The summed E-state index contributed by atoms with van der Waals surface area (Å²) in [7, 11) is 0. The summed E-state index contributed by atoms with van der Waals surface area (Å²) in [5, 5.41) is 11.8. The molecule has 19 heavy (non-hydrogen) atoms. The van der Waals surface area contributed by atoms with Crippen LogP contribution in [0.4, 0.5) is 0 Å². The molecule has 1 aromatic rings. The van der Waals surface area contributed by atoms with Gasteiger partial charge in [0.25, 0.3) is 0 Å². The lowest BCUT2D eigenvalue weighted by molar-refractivity contribution is -0.149. The van der Waals surface area contributed by atoms with Crippen LogP contribution in [0.15, 0.2) is 28.7 Å². The van der Waals surface area contributed by atoms with Crippen molar-refractivity contribution in [2.75, 3.05) is 0 Å². The first-order valence-corrected chi connectivity index (χ1v) is 7.02. The Balaban J connectivity index is 1.91. The van der Waals surface area contributed by atoms with E-state index in [1.165, 1.54) is 0 Å². The maximum Gasteiger partial charge on any atom is 0.319 e. The van der Waals surface area contributed by atoms with Gasteiger partial charge in [-0.1, -0.05) is 28.1 Å². The number of benzene rings is 1. The van der Waals surface area contributed by atoms with E-state index >= 15 is 0 Å². The summed E-state index contributed by atoms with van der Waals surface area (Å²) in [4.78, 5) is 23.0. The van der Waals surface area contributed by atoms with Gasteiger partial charge in [-0.15, -0.1) is 0 Å². The summed E-state index contributed by atoms with van der Waals surface area (Å²) in [6, 6.07) is 7.78. The van der Waals surface area contributed by atoms with Gasteiger partial charge in [-0.3, -0.25) is 9.59 Å². The first-order valence-electron chi connectivity index (χ1n) is 6.23. The van der Waals surface area contributed by atoms with E-state index in [1.54, 1.807) is 0 Å². The number of carbonyl (C=O) groups excluding carboxylic acids is 1. The van der Waals surface area contributed by atoms with Crippen LogP contribution < -0.4 is 5.32 Å². The fourth-order valence-corrected chi connectivity index (χ4v) is 2.31. The molecule has 102 valence electrons. The lowest BCUT2D eigenvalue weighted by Crippen LogP contribution is -2.42. The van der Waals surface area contributed by atoms with E-state index in [9.17, 15) is 9.59 Å². The maximum atomic E-state index is 11.9. The van der Waals surface area contributed by atoms with E-state index in [2.05, 4.69) is 21.2 Å². The molecule has 0 aromatic heterocycles. The van der Waals surface area contributed by atoms with Gasteiger partial charge in [0.2, 0.25) is 5.91 Å². The topological polar surface area (TPSA) is 66.4 Å². The number of hydrogen-bond acceptors (Lipinski definition) is 2. The largest absolute Gasteiger partial charge is 0.480 e. The van der Waals surface area contributed by atoms with Crippen molar-refractivity contribution in [3.05, 3.63) is 34.3 Å². The monoisotopic (exact) mass is 325 g/mol. The van der Waals surface area contributed by atoms with Gasteiger partial charge >= 0.3 is 5.97 Å². The highest BCUT2D eigenvalue weighted by Crippen LogP contribution is 2.46. The van der Waals surface area contributed by atoms with E-state index in [1.807, 2.05) is 31.2 Å². The molecule has 1 saturated carbocycles. The van der Waals surface area contributed by atoms with Gasteiger partial charge < -0.3 is 10.4 Å². The van der Waals surface area contributed by atoms with Gasteiger partial charge in [0.05, 0.1) is 0 Å². The van der Waals surface area contributed by atoms with E-state index in [0.29, 0.717) is 19.3 Å². The third kappa shape index (κ3) is 3.15. The number of amides is 1. The predicted octanol–water partition coefficient (Wildman–Crippen LogP) is 2.36. The number of aliphatic carboxylic acids is 1. The zero-order chi connectivity index (χ0) is 14.0. The summed E-state index contributed by atoms with van der Waals surface area (Å²) in [6.45, 7) is 1.89. The number of carboxylic acid groups (broad SMARTS) is 1. The smallest absolute Gasteiger partial charge is 0.319 e. The van der Waals surface area contributed by atoms with Crippen molar-refractivity contribution in [3.8, 4) is 0 Å². The molecule has 1 unspecified atom stereocenters. The highest BCUT2D eigenvalue weighted by atomic mass is 79.9. The second kappa shape index (κ2) is 5.33. The number of rotatable bonds is 5. The third-order valence-electron chi connectivity index (χ3n) is 3.43. The first-order chi connectivity index (χ1) is 8.94. The first kappa shape index (κ1) is 14.1. The van der Waals surface area contributed by atoms with Crippen LogP contribution in [0.5, 0.6) is 0 Å². The quantitative estimate of drug-likeness (QED) is 0.817. The Morgan fingerprint density at radius 3 is 2.42 bits per heavy atom. The van der Waals surface area contributed by atoms with E-state index in [-0.39, 0.29) is 11.9 Å². The second-order valence-electron chi connectivity index (χ2n) is 5.09. The molecular weight excluding hydrogens is 310 g/mol. The number of halogens is 1. The molecule has 0 bridgehead atoms. The minimum absolute atomic E-state index is 0.0782. The van der Waals surface area contributed by atoms with Gasteiger partial charge in [-0.25, -0.2) is 0 Å². The Morgan fingerprint density at radius 2 is 1.95 bits per heavy atom. The van der Waals surface area contributed by atoms with Crippen LogP contribution in [0.3, 0.4) is 0 Å². The maximum absolute atomic E-state index is 11.9. The van der Waals surface area contributed by atoms with Crippen molar-refractivity contribution in [2.24, 2.45) is 5.41 Å². The van der Waals surface area contributed by atoms with Crippen molar-refractivity contribution in [3.63, 3.8) is 0 Å². The lowest BCUT2D eigenvalue weighted by Gasteiger charge is -2.17. The molecule has 1 aromatic carbocycles. The summed E-state index contributed by atoms with van der Waals surface area (Å²) in [5.41, 5.74) is -0.0512. The molecule has 1 aliphatic carbocycles. The van der Waals surface area contributed by atoms with Crippen LogP contribution in [0.2, 0.25) is 0 Å². The van der Waals surface area contributed by atoms with Gasteiger partial charge in [0, 0.05) is 10.5 Å². The second-order valence-corrected chi connectivity index (χ2v) is 6.01. The Bertz CT molecular complexity index is 494. The van der Waals surface area contributed by atoms with Crippen LogP contribution in [0.1, 0.15) is 25.3 Å². The average Bonchev–Trinajstić information content (AvgIpc) is 3.13. The fourth-order valence-electron chi connectivity index (χ4n) is 2.05. The van der Waals surface area contributed by atoms with Crippen molar-refractivity contribution in [1.29, 1.82) is 0 Å². The lowest BCUT2D eigenvalue weighted by atomic mass is 10.0. The Labute approximate surface area is 120 Å². The molecular formula is C14H16BrNO3. The molecule has 0 saturated heterocycles. The number of carbonyl (C=O) groups is 2. The van der Waals surface area contributed by atoms with Gasteiger partial charge in [0.1, 0.15) is 5.41 Å². The molecule has 2 rings (SSSR count). The molecule has 1 aliphatic rings. The number of hydrogen-bond donors (Lipinski definition) is 2. The minimum Gasteiger partial charge on any atom is -0.480 e. The molecule has 0 heterocycles. The molecule has 1 amide bonds.